The van der Waals surface area contributed by atoms with Gasteiger partial charge < -0.3 is 15.1 Å². The summed E-state index contributed by atoms with van der Waals surface area (Å²) in [4.78, 5) is 39.2. The molecule has 2 aromatic heterocycles. The molecule has 3 fully saturated rings. The first-order valence-electron chi connectivity index (χ1n) is 11.2. The van der Waals surface area contributed by atoms with E-state index in [4.69, 9.17) is 0 Å². The van der Waals surface area contributed by atoms with Gasteiger partial charge in [0, 0.05) is 62.2 Å². The van der Waals surface area contributed by atoms with E-state index >= 15 is 0 Å². The Kier molecular flexibility index (Phi) is 5.33. The van der Waals surface area contributed by atoms with Crippen molar-refractivity contribution in [3.8, 4) is 0 Å². The van der Waals surface area contributed by atoms with Gasteiger partial charge in [0.25, 0.3) is 0 Å². The van der Waals surface area contributed by atoms with Crippen LogP contribution in [-0.2, 0) is 16.1 Å². The van der Waals surface area contributed by atoms with Crippen molar-refractivity contribution in [2.45, 2.75) is 51.2 Å². The number of carbonyl (C=O) groups is 2. The zero-order valence-corrected chi connectivity index (χ0v) is 17.9. The number of anilines is 1. The van der Waals surface area contributed by atoms with Crippen LogP contribution in [0.2, 0.25) is 0 Å². The fourth-order valence-electron chi connectivity index (χ4n) is 5.62. The highest BCUT2D eigenvalue weighted by molar-refractivity contribution is 5.89. The lowest BCUT2D eigenvalue weighted by molar-refractivity contribution is -0.156. The SMILES string of the molecule is Cc1cc(N2C[C@@H]3C[C@H](C2)[C@H](C(=O)NCCn2cccn2)N2C(=O)CCC[C@@H]32)ncn1. The molecule has 164 valence electrons. The Morgan fingerprint density at radius 1 is 1.26 bits per heavy atom. The van der Waals surface area contributed by atoms with E-state index in [9.17, 15) is 9.59 Å². The van der Waals surface area contributed by atoms with Gasteiger partial charge in [-0.25, -0.2) is 9.97 Å². The van der Waals surface area contributed by atoms with Gasteiger partial charge in [-0.2, -0.15) is 5.10 Å². The molecule has 2 amide bonds. The average Bonchev–Trinajstić information content (AvgIpc) is 3.28. The molecular weight excluding hydrogens is 394 g/mol. The van der Waals surface area contributed by atoms with Crippen molar-refractivity contribution in [3.05, 3.63) is 36.5 Å². The topological polar surface area (TPSA) is 96.2 Å². The van der Waals surface area contributed by atoms with E-state index in [2.05, 4.69) is 25.3 Å². The zero-order chi connectivity index (χ0) is 21.4. The van der Waals surface area contributed by atoms with E-state index in [1.807, 2.05) is 30.2 Å². The van der Waals surface area contributed by atoms with Crippen LogP contribution in [0.1, 0.15) is 31.4 Å². The molecule has 0 saturated carbocycles. The number of hydrogen-bond acceptors (Lipinski definition) is 6. The summed E-state index contributed by atoms with van der Waals surface area (Å²) in [7, 11) is 0. The lowest BCUT2D eigenvalue weighted by Crippen LogP contribution is -2.68. The van der Waals surface area contributed by atoms with Crippen LogP contribution in [-0.4, -0.2) is 68.2 Å². The molecule has 2 bridgehead atoms. The van der Waals surface area contributed by atoms with Gasteiger partial charge in [0.15, 0.2) is 0 Å². The highest BCUT2D eigenvalue weighted by Crippen LogP contribution is 2.42. The van der Waals surface area contributed by atoms with Crippen LogP contribution in [0.5, 0.6) is 0 Å². The quantitative estimate of drug-likeness (QED) is 0.771. The largest absolute Gasteiger partial charge is 0.356 e. The maximum atomic E-state index is 13.3. The first-order valence-corrected chi connectivity index (χ1v) is 11.2. The monoisotopic (exact) mass is 423 g/mol. The van der Waals surface area contributed by atoms with E-state index < -0.39 is 6.04 Å². The number of aryl methyl sites for hydroxylation is 1. The molecule has 0 radical (unpaired) electrons. The minimum Gasteiger partial charge on any atom is -0.356 e. The number of piperidine rings is 3. The third-order valence-electron chi connectivity index (χ3n) is 6.92. The molecule has 3 aliphatic rings. The van der Waals surface area contributed by atoms with E-state index in [-0.39, 0.29) is 23.8 Å². The maximum absolute atomic E-state index is 13.3. The number of fused-ring (bicyclic) bond motifs is 4. The Hall–Kier alpha value is -2.97. The normalized spacial score (nSPS) is 27.7. The molecule has 2 aromatic rings. The molecule has 5 heterocycles. The Balaban J connectivity index is 1.37. The molecule has 5 rings (SSSR count). The molecule has 0 unspecified atom stereocenters. The van der Waals surface area contributed by atoms with Crippen molar-refractivity contribution >= 4 is 17.6 Å². The molecule has 3 saturated heterocycles. The van der Waals surface area contributed by atoms with Gasteiger partial charge in [-0.15, -0.1) is 0 Å². The van der Waals surface area contributed by atoms with Gasteiger partial charge in [0.1, 0.15) is 18.2 Å². The van der Waals surface area contributed by atoms with Gasteiger partial charge in [0.2, 0.25) is 11.8 Å². The Bertz CT molecular complexity index is 947. The second-order valence-electron chi connectivity index (χ2n) is 8.94. The highest BCUT2D eigenvalue weighted by Gasteiger charge is 2.52. The zero-order valence-electron chi connectivity index (χ0n) is 17.9. The smallest absolute Gasteiger partial charge is 0.243 e. The number of hydrogen-bond donors (Lipinski definition) is 1. The number of aromatic nitrogens is 4. The summed E-state index contributed by atoms with van der Waals surface area (Å²) in [5.41, 5.74) is 0.933. The molecule has 0 aliphatic carbocycles. The summed E-state index contributed by atoms with van der Waals surface area (Å²) in [6.45, 7) is 4.67. The van der Waals surface area contributed by atoms with Crippen LogP contribution < -0.4 is 10.2 Å². The number of nitrogens with zero attached hydrogens (tertiary/aromatic N) is 6. The molecule has 31 heavy (non-hydrogen) atoms. The second kappa shape index (κ2) is 8.28. The molecule has 1 N–H and O–H groups in total. The first-order chi connectivity index (χ1) is 15.1. The minimum absolute atomic E-state index is 0.0448. The van der Waals surface area contributed by atoms with Crippen molar-refractivity contribution in [3.63, 3.8) is 0 Å². The van der Waals surface area contributed by atoms with Crippen LogP contribution in [0.3, 0.4) is 0 Å². The molecule has 0 aromatic carbocycles. The predicted molar refractivity (Wildman–Crippen MR) is 114 cm³/mol. The highest BCUT2D eigenvalue weighted by atomic mass is 16.2. The number of rotatable bonds is 5. The van der Waals surface area contributed by atoms with Crippen molar-refractivity contribution in [2.75, 3.05) is 24.5 Å². The van der Waals surface area contributed by atoms with Crippen LogP contribution >= 0.6 is 0 Å². The summed E-state index contributed by atoms with van der Waals surface area (Å²) in [5, 5.41) is 7.26. The summed E-state index contributed by atoms with van der Waals surface area (Å²) < 4.78 is 1.80. The fraction of sp³-hybridized carbons (Fsp3) is 0.591. The molecule has 4 atom stereocenters. The number of carbonyl (C=O) groups excluding carboxylic acids is 2. The predicted octanol–water partition coefficient (Wildman–Crippen LogP) is 1.00. The standard InChI is InChI=1S/C22H29N7O2/c1-15-10-19(25-14-24-15)27-12-16-11-17(13-27)21(29-18(16)4-2-5-20(29)30)22(31)23-7-9-28-8-3-6-26-28/h3,6,8,10,14,16-18,21H,2,4-5,7,9,11-13H2,1H3,(H,23,31)/t16-,17+,18-,21+/m0/s1. The molecular formula is C22H29N7O2. The third kappa shape index (κ3) is 3.88. The number of amides is 2. The summed E-state index contributed by atoms with van der Waals surface area (Å²) in [6, 6.07) is 3.58. The van der Waals surface area contributed by atoms with Crippen LogP contribution in [0, 0.1) is 18.8 Å². The van der Waals surface area contributed by atoms with Crippen LogP contribution in [0.4, 0.5) is 5.82 Å². The molecule has 9 nitrogen and oxygen atoms in total. The van der Waals surface area contributed by atoms with Crippen molar-refractivity contribution in [2.24, 2.45) is 11.8 Å². The van der Waals surface area contributed by atoms with Crippen molar-refractivity contribution in [1.82, 2.24) is 30.0 Å². The van der Waals surface area contributed by atoms with Gasteiger partial charge in [-0.1, -0.05) is 0 Å². The first kappa shape index (κ1) is 20.0. The minimum atomic E-state index is -0.419. The Morgan fingerprint density at radius 3 is 2.94 bits per heavy atom. The fourth-order valence-corrected chi connectivity index (χ4v) is 5.62. The van der Waals surface area contributed by atoms with Crippen LogP contribution in [0.15, 0.2) is 30.9 Å². The third-order valence-corrected chi connectivity index (χ3v) is 6.92. The lowest BCUT2D eigenvalue weighted by atomic mass is 9.71. The Morgan fingerprint density at radius 2 is 2.13 bits per heavy atom. The van der Waals surface area contributed by atoms with E-state index in [1.54, 1.807) is 17.2 Å². The van der Waals surface area contributed by atoms with Gasteiger partial charge in [-0.05, 0) is 38.2 Å². The lowest BCUT2D eigenvalue weighted by Gasteiger charge is -2.56. The number of nitrogens with one attached hydrogen (secondary N) is 1. The molecule has 9 heteroatoms. The van der Waals surface area contributed by atoms with Gasteiger partial charge in [-0.3, -0.25) is 14.3 Å². The average molecular weight is 424 g/mol. The van der Waals surface area contributed by atoms with Gasteiger partial charge in [0.05, 0.1) is 6.54 Å². The van der Waals surface area contributed by atoms with E-state index in [0.717, 1.165) is 43.9 Å². The van der Waals surface area contributed by atoms with Crippen LogP contribution in [0.25, 0.3) is 0 Å². The summed E-state index contributed by atoms with van der Waals surface area (Å²) in [5.74, 6) is 1.46. The van der Waals surface area contributed by atoms with Crippen molar-refractivity contribution < 1.29 is 9.59 Å². The maximum Gasteiger partial charge on any atom is 0.243 e. The summed E-state index contributed by atoms with van der Waals surface area (Å²) in [6.07, 6.45) is 8.60. The van der Waals surface area contributed by atoms with Crippen molar-refractivity contribution in [1.29, 1.82) is 0 Å². The molecule has 0 spiro atoms. The van der Waals surface area contributed by atoms with E-state index in [0.29, 0.717) is 25.4 Å². The van der Waals surface area contributed by atoms with E-state index in [1.165, 1.54) is 0 Å². The second-order valence-corrected chi connectivity index (χ2v) is 8.94. The molecule has 3 aliphatic heterocycles. The Labute approximate surface area is 181 Å². The summed E-state index contributed by atoms with van der Waals surface area (Å²) >= 11 is 0. The van der Waals surface area contributed by atoms with Gasteiger partial charge >= 0.3 is 0 Å².